The number of amides is 2. The van der Waals surface area contributed by atoms with Gasteiger partial charge in [0.25, 0.3) is 0 Å². The van der Waals surface area contributed by atoms with Crippen LogP contribution in [-0.2, 0) is 23.4 Å². The van der Waals surface area contributed by atoms with Crippen molar-refractivity contribution in [2.75, 3.05) is 31.6 Å². The first-order valence-electron chi connectivity index (χ1n) is 12.6. The van der Waals surface area contributed by atoms with Crippen molar-refractivity contribution >= 4 is 12.0 Å². The van der Waals surface area contributed by atoms with Gasteiger partial charge in [-0.25, -0.2) is 19.2 Å². The fourth-order valence-electron chi connectivity index (χ4n) is 5.40. The van der Waals surface area contributed by atoms with Gasteiger partial charge in [-0.15, -0.1) is 0 Å². The number of aromatic nitrogens is 2. The van der Waals surface area contributed by atoms with Crippen LogP contribution in [0.2, 0.25) is 0 Å². The zero-order chi connectivity index (χ0) is 24.4. The molecule has 2 aromatic rings. The van der Waals surface area contributed by atoms with Crippen LogP contribution in [0.3, 0.4) is 0 Å². The van der Waals surface area contributed by atoms with Crippen molar-refractivity contribution in [1.82, 2.24) is 25.1 Å². The maximum Gasteiger partial charge on any atom is 0.318 e. The molecule has 1 aromatic carbocycles. The molecular weight excluding hydrogens is 447 g/mol. The predicted molar refractivity (Wildman–Crippen MR) is 131 cm³/mol. The van der Waals surface area contributed by atoms with Crippen molar-refractivity contribution < 1.29 is 13.9 Å². The monoisotopic (exact) mass is 482 g/mol. The lowest BCUT2D eigenvalue weighted by Gasteiger charge is -2.37. The summed E-state index contributed by atoms with van der Waals surface area (Å²) in [6, 6.07) is 7.15. The Morgan fingerprint density at radius 3 is 2.80 bits per heavy atom. The van der Waals surface area contributed by atoms with Crippen molar-refractivity contribution in [1.29, 1.82) is 0 Å². The van der Waals surface area contributed by atoms with Gasteiger partial charge in [0, 0.05) is 55.7 Å². The maximum absolute atomic E-state index is 14.1. The van der Waals surface area contributed by atoms with Gasteiger partial charge >= 0.3 is 6.03 Å². The average Bonchev–Trinajstić information content (AvgIpc) is 3.11. The van der Waals surface area contributed by atoms with Gasteiger partial charge in [0.1, 0.15) is 5.82 Å². The molecule has 2 fully saturated rings. The first-order chi connectivity index (χ1) is 16.9. The molecule has 0 spiro atoms. The number of halogens is 1. The van der Waals surface area contributed by atoms with Crippen LogP contribution in [0.15, 0.2) is 30.5 Å². The van der Waals surface area contributed by atoms with Gasteiger partial charge < -0.3 is 20.3 Å². The van der Waals surface area contributed by atoms with Gasteiger partial charge in [0.2, 0.25) is 5.95 Å². The molecule has 3 aliphatic rings. The Kier molecular flexibility index (Phi) is 6.88. The van der Waals surface area contributed by atoms with E-state index in [1.54, 1.807) is 6.07 Å². The highest BCUT2D eigenvalue weighted by Crippen LogP contribution is 2.38. The van der Waals surface area contributed by atoms with E-state index in [2.05, 4.69) is 20.5 Å². The number of benzene rings is 1. The molecule has 0 aliphatic carbocycles. The fourth-order valence-corrected chi connectivity index (χ4v) is 5.40. The third-order valence-corrected chi connectivity index (χ3v) is 7.49. The highest BCUT2D eigenvalue weighted by atomic mass is 19.1. The molecule has 0 unspecified atom stereocenters. The largest absolute Gasteiger partial charge is 0.381 e. The number of ether oxygens (including phenoxy) is 1. The molecule has 2 saturated heterocycles. The summed E-state index contributed by atoms with van der Waals surface area (Å²) >= 11 is 0. The molecule has 1 atom stereocenters. The van der Waals surface area contributed by atoms with E-state index < -0.39 is 5.54 Å². The molecule has 188 valence electrons. The van der Waals surface area contributed by atoms with E-state index in [0.717, 1.165) is 56.7 Å². The number of hydrogen-bond acceptors (Lipinski definition) is 6. The Bertz CT molecular complexity index is 1060. The molecule has 5 rings (SSSR count). The number of rotatable bonds is 5. The van der Waals surface area contributed by atoms with Gasteiger partial charge in [-0.05, 0) is 52.1 Å². The van der Waals surface area contributed by atoms with Gasteiger partial charge in [-0.3, -0.25) is 4.90 Å². The Balaban J connectivity index is 1.21. The van der Waals surface area contributed by atoms with Crippen LogP contribution in [0.4, 0.5) is 15.1 Å². The smallest absolute Gasteiger partial charge is 0.318 e. The summed E-state index contributed by atoms with van der Waals surface area (Å²) < 4.78 is 19.5. The number of hydrogen-bond donors (Lipinski definition) is 2. The summed E-state index contributed by atoms with van der Waals surface area (Å²) in [5, 5.41) is 6.66. The number of carbonyl (C=O) groups excluding carboxylic acids is 1. The van der Waals surface area contributed by atoms with E-state index in [1.165, 1.54) is 6.07 Å². The molecule has 2 N–H and O–H groups in total. The lowest BCUT2D eigenvalue weighted by Crippen LogP contribution is -2.53. The molecule has 4 heterocycles. The van der Waals surface area contributed by atoms with Crippen molar-refractivity contribution in [2.24, 2.45) is 0 Å². The van der Waals surface area contributed by atoms with Gasteiger partial charge in [0.05, 0.1) is 17.8 Å². The van der Waals surface area contributed by atoms with Crippen LogP contribution >= 0.6 is 0 Å². The fraction of sp³-hybridized carbons (Fsp3) is 0.577. The number of piperidine rings is 1. The van der Waals surface area contributed by atoms with E-state index in [0.29, 0.717) is 37.2 Å². The summed E-state index contributed by atoms with van der Waals surface area (Å²) in [6.07, 6.45) is 5.62. The number of urea groups is 1. The van der Waals surface area contributed by atoms with Crippen molar-refractivity contribution in [3.63, 3.8) is 0 Å². The first-order valence-corrected chi connectivity index (χ1v) is 12.6. The number of anilines is 1. The second kappa shape index (κ2) is 10.1. The number of carbonyl (C=O) groups is 1. The highest BCUT2D eigenvalue weighted by Gasteiger charge is 2.42. The maximum atomic E-state index is 14.1. The lowest BCUT2D eigenvalue weighted by molar-refractivity contribution is 0.0903. The quantitative estimate of drug-likeness (QED) is 0.677. The number of nitrogens with zero attached hydrogens (tertiary/aromatic N) is 4. The normalized spacial score (nSPS) is 22.6. The van der Waals surface area contributed by atoms with Crippen LogP contribution in [0, 0.1) is 5.82 Å². The van der Waals surface area contributed by atoms with Gasteiger partial charge in [-0.2, -0.15) is 0 Å². The number of likely N-dealkylation sites (tertiary alicyclic amines) is 1. The summed E-state index contributed by atoms with van der Waals surface area (Å²) in [5.74, 6) is 0.437. The van der Waals surface area contributed by atoms with Gasteiger partial charge in [0.15, 0.2) is 0 Å². The topological polar surface area (TPSA) is 82.6 Å². The number of nitrogens with one attached hydrogen (secondary N) is 2. The highest BCUT2D eigenvalue weighted by molar-refractivity contribution is 5.76. The molecule has 1 aromatic heterocycles. The zero-order valence-corrected chi connectivity index (χ0v) is 20.6. The first kappa shape index (κ1) is 23.9. The summed E-state index contributed by atoms with van der Waals surface area (Å²) in [4.78, 5) is 26.8. The van der Waals surface area contributed by atoms with Gasteiger partial charge in [-0.1, -0.05) is 18.2 Å². The Labute approximate surface area is 206 Å². The molecule has 35 heavy (non-hydrogen) atoms. The third-order valence-electron chi connectivity index (χ3n) is 7.49. The molecule has 0 radical (unpaired) electrons. The molecule has 0 saturated carbocycles. The van der Waals surface area contributed by atoms with E-state index >= 15 is 0 Å². The van der Waals surface area contributed by atoms with E-state index in [9.17, 15) is 9.18 Å². The SMILES string of the molecule is CC1(C)c2cnc(NC3CCOCC3)nc2CN1C(=O)N[C@H]1CCCN(Cc2ccccc2F)C1. The minimum atomic E-state index is -0.502. The Morgan fingerprint density at radius 2 is 2.00 bits per heavy atom. The minimum absolute atomic E-state index is 0.0272. The van der Waals surface area contributed by atoms with Crippen LogP contribution in [0.1, 0.15) is 56.4 Å². The van der Waals surface area contributed by atoms with Crippen molar-refractivity contribution in [3.8, 4) is 0 Å². The second-order valence-electron chi connectivity index (χ2n) is 10.3. The zero-order valence-electron chi connectivity index (χ0n) is 20.6. The lowest BCUT2D eigenvalue weighted by atomic mass is 9.97. The molecule has 0 bridgehead atoms. The molecular formula is C26H35FN6O2. The van der Waals surface area contributed by atoms with E-state index in [4.69, 9.17) is 9.72 Å². The number of fused-ring (bicyclic) bond motifs is 1. The minimum Gasteiger partial charge on any atom is -0.381 e. The summed E-state index contributed by atoms with van der Waals surface area (Å²) in [5.41, 5.74) is 2.06. The molecule has 8 nitrogen and oxygen atoms in total. The Hall–Kier alpha value is -2.78. The predicted octanol–water partition coefficient (Wildman–Crippen LogP) is 3.63. The van der Waals surface area contributed by atoms with E-state index in [1.807, 2.05) is 37.1 Å². The van der Waals surface area contributed by atoms with Crippen molar-refractivity contribution in [2.45, 2.75) is 70.2 Å². The third kappa shape index (κ3) is 5.26. The van der Waals surface area contributed by atoms with Crippen LogP contribution < -0.4 is 10.6 Å². The molecule has 3 aliphatic heterocycles. The Morgan fingerprint density at radius 1 is 1.20 bits per heavy atom. The average molecular weight is 483 g/mol. The summed E-state index contributed by atoms with van der Waals surface area (Å²) in [6.45, 7) is 8.20. The molecule has 2 amide bonds. The molecule has 9 heteroatoms. The van der Waals surface area contributed by atoms with E-state index in [-0.39, 0.29) is 17.9 Å². The standard InChI is InChI=1S/C26H35FN6O2/c1-26(2)21-14-28-24(29-19-9-12-35-13-10-19)31-23(21)17-33(26)25(34)30-20-7-5-11-32(16-20)15-18-6-3-4-8-22(18)27/h3-4,6,8,14,19-20H,5,7,9-13,15-17H2,1-2H3,(H,30,34)(H,28,29,31)/t20-/m0/s1. The summed E-state index contributed by atoms with van der Waals surface area (Å²) in [7, 11) is 0. The van der Waals surface area contributed by atoms with Crippen LogP contribution in [-0.4, -0.2) is 64.2 Å². The van der Waals surface area contributed by atoms with Crippen LogP contribution in [0.5, 0.6) is 0 Å². The second-order valence-corrected chi connectivity index (χ2v) is 10.3. The van der Waals surface area contributed by atoms with Crippen molar-refractivity contribution in [3.05, 3.63) is 53.1 Å². The van der Waals surface area contributed by atoms with Crippen LogP contribution in [0.25, 0.3) is 0 Å².